The molecule has 4 nitrogen and oxygen atoms in total. The lowest BCUT2D eigenvalue weighted by Gasteiger charge is -2.30. The molecule has 0 saturated heterocycles. The van der Waals surface area contributed by atoms with Gasteiger partial charge in [-0.15, -0.1) is 0 Å². The lowest BCUT2D eigenvalue weighted by atomic mass is 9.79. The second-order valence-electron chi connectivity index (χ2n) is 9.32. The van der Waals surface area contributed by atoms with E-state index in [-0.39, 0.29) is 23.7 Å². The summed E-state index contributed by atoms with van der Waals surface area (Å²) in [5, 5.41) is 6.07. The molecule has 1 aromatic carbocycles. The molecule has 1 atom stereocenters. The third-order valence-electron chi connectivity index (χ3n) is 6.49. The van der Waals surface area contributed by atoms with Crippen molar-refractivity contribution in [1.82, 2.24) is 10.6 Å². The molecule has 0 radical (unpaired) electrons. The highest BCUT2D eigenvalue weighted by Crippen LogP contribution is 2.32. The number of carbonyl (C=O) groups excluding carboxylic acids is 2. The fourth-order valence-electron chi connectivity index (χ4n) is 4.46. The fraction of sp³-hybridized carbons (Fsp3) is 0.692. The largest absolute Gasteiger partial charge is 0.354 e. The Bertz CT molecular complexity index is 621. The Labute approximate surface area is 183 Å². The summed E-state index contributed by atoms with van der Waals surface area (Å²) in [4.78, 5) is 25.5. The minimum Gasteiger partial charge on any atom is -0.354 e. The van der Waals surface area contributed by atoms with Crippen molar-refractivity contribution in [2.75, 3.05) is 6.54 Å². The van der Waals surface area contributed by atoms with Crippen LogP contribution < -0.4 is 10.6 Å². The molecule has 0 bridgehead atoms. The Hall–Kier alpha value is -1.84. The van der Waals surface area contributed by atoms with Crippen molar-refractivity contribution < 1.29 is 9.59 Å². The van der Waals surface area contributed by atoms with Gasteiger partial charge in [-0.05, 0) is 49.5 Å². The highest BCUT2D eigenvalue weighted by Gasteiger charge is 2.30. The molecule has 0 heterocycles. The molecule has 1 fully saturated rings. The van der Waals surface area contributed by atoms with E-state index in [1.54, 1.807) is 0 Å². The Balaban J connectivity index is 1.73. The van der Waals surface area contributed by atoms with Gasteiger partial charge >= 0.3 is 0 Å². The highest BCUT2D eigenvalue weighted by molar-refractivity contribution is 5.88. The van der Waals surface area contributed by atoms with Crippen molar-refractivity contribution in [2.24, 2.45) is 17.8 Å². The van der Waals surface area contributed by atoms with Crippen LogP contribution in [0.15, 0.2) is 30.3 Å². The van der Waals surface area contributed by atoms with E-state index in [1.807, 2.05) is 32.0 Å². The van der Waals surface area contributed by atoms with Crippen LogP contribution in [0.25, 0.3) is 0 Å². The second-order valence-corrected chi connectivity index (χ2v) is 9.32. The molecule has 168 valence electrons. The van der Waals surface area contributed by atoms with Gasteiger partial charge in [0.2, 0.25) is 11.8 Å². The van der Waals surface area contributed by atoms with Gasteiger partial charge in [0, 0.05) is 12.5 Å². The van der Waals surface area contributed by atoms with E-state index in [4.69, 9.17) is 0 Å². The van der Waals surface area contributed by atoms with E-state index in [0.717, 1.165) is 38.0 Å². The minimum absolute atomic E-state index is 0.0651. The molecule has 2 amide bonds. The van der Waals surface area contributed by atoms with E-state index in [1.165, 1.54) is 37.7 Å². The number of nitrogens with one attached hydrogen (secondary N) is 2. The summed E-state index contributed by atoms with van der Waals surface area (Å²) in [6.45, 7) is 6.83. The predicted molar refractivity (Wildman–Crippen MR) is 124 cm³/mol. The van der Waals surface area contributed by atoms with Gasteiger partial charge in [-0.3, -0.25) is 9.59 Å². The predicted octanol–water partition coefficient (Wildman–Crippen LogP) is 5.26. The van der Waals surface area contributed by atoms with Gasteiger partial charge in [0.1, 0.15) is 6.04 Å². The van der Waals surface area contributed by atoms with Gasteiger partial charge in [-0.1, -0.05) is 83.2 Å². The number of carbonyl (C=O) groups is 2. The van der Waals surface area contributed by atoms with Crippen LogP contribution in [0.4, 0.5) is 0 Å². The molecule has 1 aliphatic rings. The summed E-state index contributed by atoms with van der Waals surface area (Å²) in [7, 11) is 0. The summed E-state index contributed by atoms with van der Waals surface area (Å²) >= 11 is 0. The van der Waals surface area contributed by atoms with Crippen LogP contribution in [0.3, 0.4) is 0 Å². The topological polar surface area (TPSA) is 58.2 Å². The van der Waals surface area contributed by atoms with Crippen molar-refractivity contribution >= 4 is 11.8 Å². The zero-order valence-electron chi connectivity index (χ0n) is 19.3. The normalized spacial score (nSPS) is 20.0. The van der Waals surface area contributed by atoms with E-state index < -0.39 is 6.04 Å². The SMILES string of the molecule is CCCCCCC1CCC(C(=O)NC(C(=O)NCCc2ccccc2)C(C)C)CC1. The number of benzene rings is 1. The van der Waals surface area contributed by atoms with Crippen LogP contribution >= 0.6 is 0 Å². The summed E-state index contributed by atoms with van der Waals surface area (Å²) < 4.78 is 0. The molecular formula is C26H42N2O2. The summed E-state index contributed by atoms with van der Waals surface area (Å²) in [6.07, 6.45) is 11.6. The number of hydrogen-bond donors (Lipinski definition) is 2. The van der Waals surface area contributed by atoms with Crippen LogP contribution in [-0.2, 0) is 16.0 Å². The van der Waals surface area contributed by atoms with Gasteiger partial charge in [-0.25, -0.2) is 0 Å². The number of unbranched alkanes of at least 4 members (excludes halogenated alkanes) is 3. The first-order valence-corrected chi connectivity index (χ1v) is 12.1. The molecule has 30 heavy (non-hydrogen) atoms. The van der Waals surface area contributed by atoms with E-state index in [9.17, 15) is 9.59 Å². The van der Waals surface area contributed by atoms with Gasteiger partial charge in [0.05, 0.1) is 0 Å². The molecule has 2 N–H and O–H groups in total. The maximum absolute atomic E-state index is 12.8. The average Bonchev–Trinajstić information content (AvgIpc) is 2.75. The van der Waals surface area contributed by atoms with E-state index >= 15 is 0 Å². The first kappa shape index (κ1) is 24.4. The summed E-state index contributed by atoms with van der Waals surface area (Å²) in [6, 6.07) is 9.68. The molecule has 4 heteroatoms. The zero-order valence-corrected chi connectivity index (χ0v) is 19.3. The van der Waals surface area contributed by atoms with E-state index in [0.29, 0.717) is 6.54 Å². The Morgan fingerprint density at radius 1 is 1.00 bits per heavy atom. The van der Waals surface area contributed by atoms with Crippen LogP contribution in [-0.4, -0.2) is 24.4 Å². The molecule has 0 spiro atoms. The molecular weight excluding hydrogens is 372 g/mol. The van der Waals surface area contributed by atoms with Crippen LogP contribution in [0.2, 0.25) is 0 Å². The highest BCUT2D eigenvalue weighted by atomic mass is 16.2. The zero-order chi connectivity index (χ0) is 21.8. The first-order chi connectivity index (χ1) is 14.5. The van der Waals surface area contributed by atoms with Crippen molar-refractivity contribution in [2.45, 2.75) is 91.0 Å². The number of rotatable bonds is 12. The molecule has 0 aliphatic heterocycles. The quantitative estimate of drug-likeness (QED) is 0.458. The molecule has 1 unspecified atom stereocenters. The Kier molecular flexibility index (Phi) is 11.0. The second kappa shape index (κ2) is 13.5. The van der Waals surface area contributed by atoms with Gasteiger partial charge in [-0.2, -0.15) is 0 Å². The average molecular weight is 415 g/mol. The van der Waals surface area contributed by atoms with E-state index in [2.05, 4.69) is 29.7 Å². The maximum Gasteiger partial charge on any atom is 0.242 e. The van der Waals surface area contributed by atoms with Crippen molar-refractivity contribution in [3.63, 3.8) is 0 Å². The molecule has 1 aliphatic carbocycles. The monoisotopic (exact) mass is 414 g/mol. The minimum atomic E-state index is -0.458. The summed E-state index contributed by atoms with van der Waals surface area (Å²) in [5.41, 5.74) is 1.20. The van der Waals surface area contributed by atoms with Crippen LogP contribution in [0, 0.1) is 17.8 Å². The molecule has 1 aromatic rings. The molecule has 2 rings (SSSR count). The van der Waals surface area contributed by atoms with Crippen molar-refractivity contribution in [3.8, 4) is 0 Å². The van der Waals surface area contributed by atoms with Gasteiger partial charge < -0.3 is 10.6 Å². The van der Waals surface area contributed by atoms with Crippen LogP contribution in [0.1, 0.15) is 84.1 Å². The van der Waals surface area contributed by atoms with Crippen LogP contribution in [0.5, 0.6) is 0 Å². The van der Waals surface area contributed by atoms with Crippen molar-refractivity contribution in [3.05, 3.63) is 35.9 Å². The molecule has 0 aromatic heterocycles. The number of amides is 2. The van der Waals surface area contributed by atoms with Crippen molar-refractivity contribution in [1.29, 1.82) is 0 Å². The van der Waals surface area contributed by atoms with Gasteiger partial charge in [0.25, 0.3) is 0 Å². The lowest BCUT2D eigenvalue weighted by molar-refractivity contribution is -0.132. The smallest absolute Gasteiger partial charge is 0.242 e. The van der Waals surface area contributed by atoms with Gasteiger partial charge in [0.15, 0.2) is 0 Å². The number of hydrogen-bond acceptors (Lipinski definition) is 2. The standard InChI is InChI=1S/C26H42N2O2/c1-4-5-6-8-13-22-14-16-23(17-15-22)25(29)28-24(20(2)3)26(30)27-19-18-21-11-9-7-10-12-21/h7,9-12,20,22-24H,4-6,8,13-19H2,1-3H3,(H,27,30)(H,28,29). The maximum atomic E-state index is 12.8. The summed E-state index contributed by atoms with van der Waals surface area (Å²) in [5.74, 6) is 0.916. The molecule has 1 saturated carbocycles. The Morgan fingerprint density at radius 3 is 2.33 bits per heavy atom. The first-order valence-electron chi connectivity index (χ1n) is 12.1. The third-order valence-corrected chi connectivity index (χ3v) is 6.49. The third kappa shape index (κ3) is 8.49. The Morgan fingerprint density at radius 2 is 1.70 bits per heavy atom. The fourth-order valence-corrected chi connectivity index (χ4v) is 4.46. The lowest BCUT2D eigenvalue weighted by Crippen LogP contribution is -2.51.